The van der Waals surface area contributed by atoms with Crippen LogP contribution < -0.4 is 5.32 Å². The van der Waals surface area contributed by atoms with E-state index < -0.39 is 0 Å². The summed E-state index contributed by atoms with van der Waals surface area (Å²) < 4.78 is 0. The number of piperidine rings is 1. The molecule has 0 unspecified atom stereocenters. The van der Waals surface area contributed by atoms with Gasteiger partial charge in [0, 0.05) is 31.2 Å². The van der Waals surface area contributed by atoms with Crippen LogP contribution in [0.2, 0.25) is 0 Å². The molecular weight excluding hydrogens is 286 g/mol. The highest BCUT2D eigenvalue weighted by molar-refractivity contribution is 5.77. The number of hydrogen-bond acceptors (Lipinski definition) is 3. The molecule has 1 aliphatic rings. The molecule has 0 radical (unpaired) electrons. The minimum absolute atomic E-state index is 0.0427. The summed E-state index contributed by atoms with van der Waals surface area (Å²) in [6.07, 6.45) is 2.51. The standard InChI is InChI=1S/C19H27N3O/c1-14-5-6-15(13-20)11-17(14)21-16-7-9-22(10-8-16)18(23)12-19(2,3)4/h5-6,11,16,21H,7-10,12H2,1-4H3. The lowest BCUT2D eigenvalue weighted by atomic mass is 9.91. The Morgan fingerprint density at radius 3 is 2.57 bits per heavy atom. The van der Waals surface area contributed by atoms with Crippen molar-refractivity contribution >= 4 is 11.6 Å². The maximum Gasteiger partial charge on any atom is 0.223 e. The van der Waals surface area contributed by atoms with Gasteiger partial charge >= 0.3 is 0 Å². The molecular formula is C19H27N3O. The van der Waals surface area contributed by atoms with E-state index in [0.29, 0.717) is 18.0 Å². The fraction of sp³-hybridized carbons (Fsp3) is 0.579. The molecule has 0 spiro atoms. The number of benzene rings is 1. The van der Waals surface area contributed by atoms with Gasteiger partial charge in [-0.2, -0.15) is 5.26 Å². The highest BCUT2D eigenvalue weighted by Gasteiger charge is 2.25. The Hall–Kier alpha value is -2.02. The van der Waals surface area contributed by atoms with Gasteiger partial charge in [0.15, 0.2) is 0 Å². The van der Waals surface area contributed by atoms with Crippen LogP contribution in [0, 0.1) is 23.7 Å². The first-order valence-corrected chi connectivity index (χ1v) is 8.33. The predicted octanol–water partition coefficient (Wildman–Crippen LogP) is 3.71. The van der Waals surface area contributed by atoms with E-state index in [1.807, 2.05) is 30.0 Å². The predicted molar refractivity (Wildman–Crippen MR) is 93.2 cm³/mol. The smallest absolute Gasteiger partial charge is 0.223 e. The van der Waals surface area contributed by atoms with Gasteiger partial charge in [-0.15, -0.1) is 0 Å². The molecule has 1 aromatic rings. The number of anilines is 1. The number of likely N-dealkylation sites (tertiary alicyclic amines) is 1. The summed E-state index contributed by atoms with van der Waals surface area (Å²) in [5.74, 6) is 0.263. The molecule has 23 heavy (non-hydrogen) atoms. The van der Waals surface area contributed by atoms with E-state index in [-0.39, 0.29) is 11.3 Å². The molecule has 0 bridgehead atoms. The normalized spacial score (nSPS) is 16.0. The van der Waals surface area contributed by atoms with E-state index in [4.69, 9.17) is 5.26 Å². The first kappa shape index (κ1) is 17.3. The van der Waals surface area contributed by atoms with Crippen molar-refractivity contribution in [3.63, 3.8) is 0 Å². The van der Waals surface area contributed by atoms with Gasteiger partial charge in [-0.05, 0) is 42.9 Å². The highest BCUT2D eigenvalue weighted by Crippen LogP contribution is 2.24. The summed E-state index contributed by atoms with van der Waals surface area (Å²) in [5, 5.41) is 12.6. The van der Waals surface area contributed by atoms with Crippen LogP contribution in [0.15, 0.2) is 18.2 Å². The third-order valence-corrected chi connectivity index (χ3v) is 4.26. The molecule has 4 nitrogen and oxygen atoms in total. The van der Waals surface area contributed by atoms with Crippen molar-refractivity contribution in [1.29, 1.82) is 5.26 Å². The third kappa shape index (κ3) is 4.99. The minimum Gasteiger partial charge on any atom is -0.382 e. The molecule has 124 valence electrons. The first-order chi connectivity index (χ1) is 10.8. The second kappa shape index (κ2) is 7.04. The second-order valence-corrected chi connectivity index (χ2v) is 7.68. The SMILES string of the molecule is Cc1ccc(C#N)cc1NC1CCN(C(=O)CC(C)(C)C)CC1. The van der Waals surface area contributed by atoms with Gasteiger partial charge < -0.3 is 10.2 Å². The Balaban J connectivity index is 1.90. The monoisotopic (exact) mass is 313 g/mol. The summed E-state index contributed by atoms with van der Waals surface area (Å²) >= 11 is 0. The fourth-order valence-corrected chi connectivity index (χ4v) is 2.91. The van der Waals surface area contributed by atoms with Crippen LogP contribution in [-0.2, 0) is 4.79 Å². The van der Waals surface area contributed by atoms with Crippen molar-refractivity contribution in [2.24, 2.45) is 5.41 Å². The van der Waals surface area contributed by atoms with Crippen LogP contribution in [0.25, 0.3) is 0 Å². The van der Waals surface area contributed by atoms with E-state index in [9.17, 15) is 4.79 Å². The van der Waals surface area contributed by atoms with E-state index in [1.165, 1.54) is 0 Å². The Bertz CT molecular complexity index is 602. The van der Waals surface area contributed by atoms with Crippen LogP contribution in [-0.4, -0.2) is 29.9 Å². The summed E-state index contributed by atoms with van der Waals surface area (Å²) in [4.78, 5) is 14.3. The number of nitriles is 1. The van der Waals surface area contributed by atoms with Crippen LogP contribution in [0.4, 0.5) is 5.69 Å². The number of nitrogens with zero attached hydrogens (tertiary/aromatic N) is 2. The first-order valence-electron chi connectivity index (χ1n) is 8.33. The molecule has 0 saturated carbocycles. The van der Waals surface area contributed by atoms with Gasteiger partial charge in [0.2, 0.25) is 5.91 Å². The molecule has 0 aliphatic carbocycles. The Labute approximate surface area is 139 Å². The summed E-state index contributed by atoms with van der Waals surface area (Å²) in [6.45, 7) is 9.97. The number of aryl methyl sites for hydroxylation is 1. The number of hydrogen-bond donors (Lipinski definition) is 1. The molecule has 4 heteroatoms. The quantitative estimate of drug-likeness (QED) is 0.925. The summed E-state index contributed by atoms with van der Waals surface area (Å²) in [6, 6.07) is 8.27. The Morgan fingerprint density at radius 2 is 2.00 bits per heavy atom. The lowest BCUT2D eigenvalue weighted by molar-refractivity contribution is -0.134. The van der Waals surface area contributed by atoms with Crippen LogP contribution >= 0.6 is 0 Å². The number of carbonyl (C=O) groups excluding carboxylic acids is 1. The molecule has 1 amide bonds. The molecule has 1 aliphatic heterocycles. The van der Waals surface area contributed by atoms with Gasteiger partial charge in [0.25, 0.3) is 0 Å². The van der Waals surface area contributed by atoms with Gasteiger partial charge in [0.05, 0.1) is 11.6 Å². The molecule has 2 rings (SSSR count). The zero-order valence-corrected chi connectivity index (χ0v) is 14.6. The Kier molecular flexibility index (Phi) is 5.30. The number of carbonyl (C=O) groups is 1. The fourth-order valence-electron chi connectivity index (χ4n) is 2.91. The highest BCUT2D eigenvalue weighted by atomic mass is 16.2. The van der Waals surface area contributed by atoms with Crippen molar-refractivity contribution in [3.8, 4) is 6.07 Å². The van der Waals surface area contributed by atoms with Gasteiger partial charge in [-0.1, -0.05) is 26.8 Å². The van der Waals surface area contributed by atoms with Crippen molar-refractivity contribution in [2.45, 2.75) is 53.0 Å². The Morgan fingerprint density at radius 1 is 1.35 bits per heavy atom. The molecule has 1 saturated heterocycles. The van der Waals surface area contributed by atoms with E-state index in [2.05, 4.69) is 32.2 Å². The number of rotatable bonds is 3. The molecule has 0 aromatic heterocycles. The maximum absolute atomic E-state index is 12.3. The van der Waals surface area contributed by atoms with Gasteiger partial charge in [-0.25, -0.2) is 0 Å². The topological polar surface area (TPSA) is 56.1 Å². The lowest BCUT2D eigenvalue weighted by Gasteiger charge is -2.34. The van der Waals surface area contributed by atoms with Gasteiger partial charge in [-0.3, -0.25) is 4.79 Å². The summed E-state index contributed by atoms with van der Waals surface area (Å²) in [7, 11) is 0. The van der Waals surface area contributed by atoms with E-state index in [0.717, 1.165) is 37.2 Å². The van der Waals surface area contributed by atoms with Crippen molar-refractivity contribution in [3.05, 3.63) is 29.3 Å². The largest absolute Gasteiger partial charge is 0.382 e. The van der Waals surface area contributed by atoms with Crippen molar-refractivity contribution < 1.29 is 4.79 Å². The zero-order chi connectivity index (χ0) is 17.0. The average molecular weight is 313 g/mol. The van der Waals surface area contributed by atoms with E-state index in [1.54, 1.807) is 0 Å². The minimum atomic E-state index is 0.0427. The maximum atomic E-state index is 12.3. The van der Waals surface area contributed by atoms with Crippen molar-refractivity contribution in [2.75, 3.05) is 18.4 Å². The molecule has 1 heterocycles. The molecule has 1 fully saturated rings. The number of nitrogens with one attached hydrogen (secondary N) is 1. The molecule has 0 atom stereocenters. The summed E-state index contributed by atoms with van der Waals surface area (Å²) in [5.41, 5.74) is 2.90. The van der Waals surface area contributed by atoms with Crippen LogP contribution in [0.3, 0.4) is 0 Å². The van der Waals surface area contributed by atoms with E-state index >= 15 is 0 Å². The zero-order valence-electron chi connectivity index (χ0n) is 14.6. The molecule has 1 aromatic carbocycles. The lowest BCUT2D eigenvalue weighted by Crippen LogP contribution is -2.43. The average Bonchev–Trinajstić information content (AvgIpc) is 2.48. The number of amides is 1. The van der Waals surface area contributed by atoms with Crippen LogP contribution in [0.1, 0.15) is 51.2 Å². The third-order valence-electron chi connectivity index (χ3n) is 4.26. The second-order valence-electron chi connectivity index (χ2n) is 7.68. The van der Waals surface area contributed by atoms with Crippen molar-refractivity contribution in [1.82, 2.24) is 4.90 Å². The molecule has 1 N–H and O–H groups in total. The van der Waals surface area contributed by atoms with Gasteiger partial charge in [0.1, 0.15) is 0 Å². The van der Waals surface area contributed by atoms with Crippen LogP contribution in [0.5, 0.6) is 0 Å².